The summed E-state index contributed by atoms with van der Waals surface area (Å²) in [6, 6.07) is 19.9. The molecule has 6 aliphatic carbocycles. The SMILES string of the molecule is CC1(C)CC2C=CC1c1cc3cc4c(cc3cc12)SC(=C1Sc2cc3cc5c(cc3cc2S1)C1C=CC5CC1)S4. The van der Waals surface area contributed by atoms with Crippen LogP contribution >= 0.6 is 47.0 Å². The molecule has 4 atom stereocenters. The van der Waals surface area contributed by atoms with Gasteiger partial charge < -0.3 is 0 Å². The number of benzene rings is 4. The Kier molecular flexibility index (Phi) is 4.77. The summed E-state index contributed by atoms with van der Waals surface area (Å²) in [7, 11) is 0. The van der Waals surface area contributed by atoms with E-state index in [0.717, 1.165) is 0 Å². The van der Waals surface area contributed by atoms with Gasteiger partial charge in [0.1, 0.15) is 0 Å². The zero-order valence-corrected chi connectivity index (χ0v) is 25.8. The molecular formula is C36H28S4. The van der Waals surface area contributed by atoms with E-state index in [1.807, 2.05) is 47.0 Å². The smallest absolute Gasteiger partial charge is 0.0706 e. The van der Waals surface area contributed by atoms with Crippen LogP contribution < -0.4 is 0 Å². The van der Waals surface area contributed by atoms with E-state index in [9.17, 15) is 0 Å². The Bertz CT molecular complexity index is 1880. The van der Waals surface area contributed by atoms with E-state index in [2.05, 4.69) is 86.7 Å². The fourth-order valence-electron chi connectivity index (χ4n) is 8.19. The second-order valence-electron chi connectivity index (χ2n) is 13.1. The average molecular weight is 589 g/mol. The van der Waals surface area contributed by atoms with Gasteiger partial charge in [-0.2, -0.15) is 0 Å². The normalized spacial score (nSPS) is 27.9. The predicted molar refractivity (Wildman–Crippen MR) is 175 cm³/mol. The molecule has 4 aromatic rings. The highest BCUT2D eigenvalue weighted by molar-refractivity contribution is 8.30. The molecule has 0 amide bonds. The molecule has 0 nitrogen and oxygen atoms in total. The van der Waals surface area contributed by atoms with Crippen LogP contribution in [0.5, 0.6) is 0 Å². The first-order chi connectivity index (χ1) is 19.5. The molecule has 0 saturated heterocycles. The van der Waals surface area contributed by atoms with E-state index in [0.29, 0.717) is 29.1 Å². The van der Waals surface area contributed by atoms with Crippen LogP contribution in [0.2, 0.25) is 0 Å². The van der Waals surface area contributed by atoms with Crippen molar-refractivity contribution in [3.8, 4) is 0 Å². The molecule has 4 bridgehead atoms. The van der Waals surface area contributed by atoms with Crippen LogP contribution in [0.4, 0.5) is 0 Å². The minimum Gasteiger partial charge on any atom is -0.0804 e. The minimum absolute atomic E-state index is 0.353. The molecule has 0 spiro atoms. The van der Waals surface area contributed by atoms with Gasteiger partial charge in [0.25, 0.3) is 0 Å². The Hall–Kier alpha value is -1.98. The van der Waals surface area contributed by atoms with Gasteiger partial charge in [0, 0.05) is 43.3 Å². The van der Waals surface area contributed by atoms with E-state index in [1.165, 1.54) is 68.9 Å². The molecule has 0 fully saturated rings. The van der Waals surface area contributed by atoms with Crippen molar-refractivity contribution in [1.82, 2.24) is 0 Å². The average Bonchev–Trinajstić information content (AvgIpc) is 3.56. The summed E-state index contributed by atoms with van der Waals surface area (Å²) in [5.41, 5.74) is 6.66. The van der Waals surface area contributed by atoms with Gasteiger partial charge >= 0.3 is 0 Å². The van der Waals surface area contributed by atoms with Crippen LogP contribution in [0.25, 0.3) is 21.5 Å². The Morgan fingerprint density at radius 1 is 0.500 bits per heavy atom. The van der Waals surface area contributed by atoms with E-state index in [-0.39, 0.29) is 0 Å². The third-order valence-electron chi connectivity index (χ3n) is 10.2. The fourth-order valence-corrected chi connectivity index (χ4v) is 13.6. The van der Waals surface area contributed by atoms with Crippen LogP contribution in [0.1, 0.15) is 79.0 Å². The number of allylic oxidation sites excluding steroid dienone is 4. The lowest BCUT2D eigenvalue weighted by Crippen LogP contribution is -2.32. The van der Waals surface area contributed by atoms with Crippen molar-refractivity contribution in [2.24, 2.45) is 5.41 Å². The largest absolute Gasteiger partial charge is 0.0804 e. The maximum absolute atomic E-state index is 2.52. The number of fused-ring (bicyclic) bond motifs is 6. The van der Waals surface area contributed by atoms with E-state index in [1.54, 1.807) is 22.3 Å². The molecule has 2 heterocycles. The van der Waals surface area contributed by atoms with Gasteiger partial charge in [0.05, 0.1) is 8.47 Å². The van der Waals surface area contributed by atoms with E-state index in [4.69, 9.17) is 0 Å². The molecule has 0 N–H and O–H groups in total. The summed E-state index contributed by atoms with van der Waals surface area (Å²) in [4.78, 5) is 5.71. The quantitative estimate of drug-likeness (QED) is 0.187. The van der Waals surface area contributed by atoms with Crippen molar-refractivity contribution in [2.45, 2.75) is 76.4 Å². The summed E-state index contributed by atoms with van der Waals surface area (Å²) in [6.45, 7) is 4.89. The van der Waals surface area contributed by atoms with Gasteiger partial charge in [-0.15, -0.1) is 0 Å². The minimum atomic E-state index is 0.353. The first-order valence-corrected chi connectivity index (χ1v) is 17.8. The Morgan fingerprint density at radius 2 is 0.900 bits per heavy atom. The fraction of sp³-hybridized carbons (Fsp3) is 0.278. The zero-order chi connectivity index (χ0) is 26.3. The molecule has 0 aromatic heterocycles. The monoisotopic (exact) mass is 588 g/mol. The molecule has 0 radical (unpaired) electrons. The highest BCUT2D eigenvalue weighted by Gasteiger charge is 2.41. The number of hydrogen-bond acceptors (Lipinski definition) is 4. The third-order valence-corrected chi connectivity index (χ3v) is 15.8. The van der Waals surface area contributed by atoms with Gasteiger partial charge in [-0.05, 0) is 92.7 Å². The molecular weight excluding hydrogens is 561 g/mol. The van der Waals surface area contributed by atoms with Crippen molar-refractivity contribution in [2.75, 3.05) is 0 Å². The first kappa shape index (κ1) is 23.6. The standard InChI is InChI=1S/C36H28S4/c1-36(2)17-20-7-8-29(36)28-12-24-16-33-32(15-23(24)11-27(20)28)39-35(40-33)34-37-30-13-21-9-25-18-3-4-19(6-5-18)26(25)10-22(21)14-31(30)38-34/h3-4,7-16,18-20,29H,5-6,17H2,1-2H3. The molecule has 196 valence electrons. The molecule has 0 saturated carbocycles. The third kappa shape index (κ3) is 3.28. The maximum atomic E-state index is 2.52. The predicted octanol–water partition coefficient (Wildman–Crippen LogP) is 11.9. The second kappa shape index (κ2) is 8.10. The second-order valence-corrected chi connectivity index (χ2v) is 17.8. The number of thioether (sulfide) groups is 4. The van der Waals surface area contributed by atoms with Gasteiger partial charge in [-0.1, -0.05) is 109 Å². The molecule has 4 heteroatoms. The summed E-state index contributed by atoms with van der Waals surface area (Å²) in [5, 5.41) is 5.64. The van der Waals surface area contributed by atoms with Crippen LogP contribution in [0.3, 0.4) is 0 Å². The van der Waals surface area contributed by atoms with Crippen molar-refractivity contribution in [3.63, 3.8) is 0 Å². The highest BCUT2D eigenvalue weighted by Crippen LogP contribution is 2.63. The summed E-state index contributed by atoms with van der Waals surface area (Å²) >= 11 is 7.93. The molecule has 12 rings (SSSR count). The zero-order valence-electron chi connectivity index (χ0n) is 22.5. The number of rotatable bonds is 0. The number of hydrogen-bond donors (Lipinski definition) is 0. The van der Waals surface area contributed by atoms with Crippen LogP contribution in [0.15, 0.2) is 101 Å². The highest BCUT2D eigenvalue weighted by atomic mass is 32.2. The van der Waals surface area contributed by atoms with Gasteiger partial charge in [0.15, 0.2) is 0 Å². The van der Waals surface area contributed by atoms with Crippen molar-refractivity contribution in [3.05, 3.63) is 104 Å². The summed E-state index contributed by atoms with van der Waals surface area (Å²) in [5.74, 6) is 2.37. The maximum Gasteiger partial charge on any atom is 0.0706 e. The molecule has 8 aliphatic rings. The molecule has 40 heavy (non-hydrogen) atoms. The lowest BCUT2D eigenvalue weighted by Gasteiger charge is -2.46. The lowest BCUT2D eigenvalue weighted by molar-refractivity contribution is 0.251. The Morgan fingerprint density at radius 3 is 1.32 bits per heavy atom. The van der Waals surface area contributed by atoms with Crippen molar-refractivity contribution < 1.29 is 0 Å². The summed E-state index contributed by atoms with van der Waals surface area (Å²) in [6.07, 6.45) is 13.8. The van der Waals surface area contributed by atoms with Gasteiger partial charge in [-0.25, -0.2) is 0 Å². The van der Waals surface area contributed by atoms with Crippen LogP contribution in [0, 0.1) is 5.41 Å². The van der Waals surface area contributed by atoms with Gasteiger partial charge in [0.2, 0.25) is 0 Å². The first-order valence-electron chi connectivity index (χ1n) is 14.5. The van der Waals surface area contributed by atoms with E-state index >= 15 is 0 Å². The summed E-state index contributed by atoms with van der Waals surface area (Å²) < 4.78 is 2.91. The lowest BCUT2D eigenvalue weighted by atomic mass is 9.58. The van der Waals surface area contributed by atoms with Crippen molar-refractivity contribution in [1.29, 1.82) is 0 Å². The van der Waals surface area contributed by atoms with Crippen LogP contribution in [-0.4, -0.2) is 0 Å². The van der Waals surface area contributed by atoms with Crippen molar-refractivity contribution >= 4 is 68.6 Å². The Balaban J connectivity index is 1.00. The van der Waals surface area contributed by atoms with E-state index < -0.39 is 0 Å². The Labute approximate surface area is 252 Å². The van der Waals surface area contributed by atoms with Crippen LogP contribution in [-0.2, 0) is 0 Å². The molecule has 4 unspecified atom stereocenters. The topological polar surface area (TPSA) is 0 Å². The molecule has 4 aromatic carbocycles. The molecule has 2 aliphatic heterocycles. The van der Waals surface area contributed by atoms with Gasteiger partial charge in [-0.3, -0.25) is 0 Å².